The lowest BCUT2D eigenvalue weighted by Gasteiger charge is -2.07. The number of hydrogen-bond acceptors (Lipinski definition) is 5. The number of aliphatic hydroxyl groups excluding tert-OH is 1. The summed E-state index contributed by atoms with van der Waals surface area (Å²) >= 11 is 0. The second-order valence-electron chi connectivity index (χ2n) is 3.37. The monoisotopic (exact) mass is 255 g/mol. The fraction of sp³-hybridized carbons (Fsp3) is 0.182. The lowest BCUT2D eigenvalue weighted by atomic mass is 10.0. The normalized spacial score (nSPS) is 11.7. The number of halogens is 1. The molecule has 0 aliphatic carbocycles. The number of nitro groups is 1. The Kier molecular flexibility index (Phi) is 3.98. The Morgan fingerprint density at radius 2 is 2.11 bits per heavy atom. The third kappa shape index (κ3) is 2.62. The molecule has 0 aliphatic heterocycles. The van der Waals surface area contributed by atoms with Crippen molar-refractivity contribution in [2.45, 2.75) is 6.92 Å². The molecule has 0 amide bonds. The van der Waals surface area contributed by atoms with Gasteiger partial charge < -0.3 is 9.84 Å². The number of allylic oxidation sites excluding steroid dienone is 1. The van der Waals surface area contributed by atoms with Gasteiger partial charge in [-0.1, -0.05) is 0 Å². The van der Waals surface area contributed by atoms with E-state index in [-0.39, 0.29) is 11.1 Å². The Bertz CT molecular complexity index is 534. The van der Waals surface area contributed by atoms with Gasteiger partial charge >= 0.3 is 5.97 Å². The average molecular weight is 255 g/mol. The summed E-state index contributed by atoms with van der Waals surface area (Å²) in [5, 5.41) is 20.2. The van der Waals surface area contributed by atoms with E-state index in [0.29, 0.717) is 6.07 Å². The minimum Gasteiger partial charge on any atom is -0.512 e. The van der Waals surface area contributed by atoms with Crippen molar-refractivity contribution in [3.05, 3.63) is 45.5 Å². The second-order valence-corrected chi connectivity index (χ2v) is 3.37. The van der Waals surface area contributed by atoms with Crippen molar-refractivity contribution in [1.82, 2.24) is 0 Å². The van der Waals surface area contributed by atoms with Gasteiger partial charge in [-0.2, -0.15) is 0 Å². The third-order valence-corrected chi connectivity index (χ3v) is 2.18. The molecule has 18 heavy (non-hydrogen) atoms. The molecule has 7 heteroatoms. The van der Waals surface area contributed by atoms with Crippen LogP contribution in [-0.4, -0.2) is 23.1 Å². The number of aliphatic hydroxyl groups is 1. The summed E-state index contributed by atoms with van der Waals surface area (Å²) in [5.41, 5.74) is -1.19. The van der Waals surface area contributed by atoms with E-state index < -0.39 is 28.2 Å². The summed E-state index contributed by atoms with van der Waals surface area (Å²) in [6, 6.07) is 2.66. The number of nitro benzene ring substituents is 1. The molecular formula is C11H10FNO5. The highest BCUT2D eigenvalue weighted by atomic mass is 19.1. The zero-order valence-corrected chi connectivity index (χ0v) is 9.64. The molecule has 1 aromatic rings. The fourth-order valence-electron chi connectivity index (χ4n) is 1.42. The Morgan fingerprint density at radius 1 is 1.50 bits per heavy atom. The first-order valence-electron chi connectivity index (χ1n) is 4.81. The van der Waals surface area contributed by atoms with Crippen LogP contribution in [-0.2, 0) is 9.53 Å². The number of carbonyl (C=O) groups excluding carboxylic acids is 1. The number of benzene rings is 1. The minimum absolute atomic E-state index is 0.201. The Balaban J connectivity index is 3.53. The van der Waals surface area contributed by atoms with Crippen LogP contribution in [0, 0.1) is 15.9 Å². The zero-order chi connectivity index (χ0) is 13.9. The van der Waals surface area contributed by atoms with Crippen molar-refractivity contribution in [3.63, 3.8) is 0 Å². The van der Waals surface area contributed by atoms with E-state index in [4.69, 9.17) is 0 Å². The topological polar surface area (TPSA) is 89.7 Å². The molecule has 96 valence electrons. The molecular weight excluding hydrogens is 245 g/mol. The summed E-state index contributed by atoms with van der Waals surface area (Å²) in [4.78, 5) is 21.4. The average Bonchev–Trinajstić information content (AvgIpc) is 2.30. The molecule has 0 radical (unpaired) electrons. The SMILES string of the molecule is COC(=O)/C(=C(/C)O)c1ccc(F)cc1[N+](=O)[O-]. The summed E-state index contributed by atoms with van der Waals surface area (Å²) < 4.78 is 17.4. The van der Waals surface area contributed by atoms with Gasteiger partial charge in [-0.3, -0.25) is 10.1 Å². The maximum Gasteiger partial charge on any atom is 0.342 e. The van der Waals surface area contributed by atoms with Gasteiger partial charge in [0.15, 0.2) is 0 Å². The highest BCUT2D eigenvalue weighted by molar-refractivity contribution is 6.18. The van der Waals surface area contributed by atoms with Gasteiger partial charge in [-0.25, -0.2) is 9.18 Å². The van der Waals surface area contributed by atoms with Crippen LogP contribution in [0.2, 0.25) is 0 Å². The molecule has 0 spiro atoms. The van der Waals surface area contributed by atoms with Crippen LogP contribution in [0.1, 0.15) is 12.5 Å². The van der Waals surface area contributed by atoms with E-state index in [0.717, 1.165) is 19.2 Å². The number of esters is 1. The van der Waals surface area contributed by atoms with Gasteiger partial charge in [0.1, 0.15) is 17.1 Å². The number of hydrogen-bond donors (Lipinski definition) is 1. The van der Waals surface area contributed by atoms with Crippen LogP contribution in [0.15, 0.2) is 24.0 Å². The van der Waals surface area contributed by atoms with Crippen LogP contribution >= 0.6 is 0 Å². The first kappa shape index (κ1) is 13.6. The van der Waals surface area contributed by atoms with E-state index in [2.05, 4.69) is 4.74 Å². The number of carbonyl (C=O) groups is 1. The Labute approximate surface area is 101 Å². The maximum absolute atomic E-state index is 13.0. The summed E-state index contributed by atoms with van der Waals surface area (Å²) in [6.45, 7) is 1.18. The van der Waals surface area contributed by atoms with Gasteiger partial charge in [-0.15, -0.1) is 0 Å². The van der Waals surface area contributed by atoms with Crippen LogP contribution in [0.5, 0.6) is 0 Å². The molecule has 0 fully saturated rings. The minimum atomic E-state index is -0.940. The molecule has 1 rings (SSSR count). The molecule has 0 atom stereocenters. The maximum atomic E-state index is 13.0. The van der Waals surface area contributed by atoms with Gasteiger partial charge in [0, 0.05) is 0 Å². The van der Waals surface area contributed by atoms with Crippen molar-refractivity contribution < 1.29 is 24.0 Å². The Morgan fingerprint density at radius 3 is 2.56 bits per heavy atom. The summed E-state index contributed by atoms with van der Waals surface area (Å²) in [5.74, 6) is -2.20. The molecule has 1 N–H and O–H groups in total. The van der Waals surface area contributed by atoms with Gasteiger partial charge in [-0.05, 0) is 19.1 Å². The highest BCUT2D eigenvalue weighted by Gasteiger charge is 2.25. The van der Waals surface area contributed by atoms with Crippen LogP contribution in [0.25, 0.3) is 5.57 Å². The molecule has 0 heterocycles. The van der Waals surface area contributed by atoms with E-state index in [1.807, 2.05) is 0 Å². The van der Waals surface area contributed by atoms with E-state index >= 15 is 0 Å². The van der Waals surface area contributed by atoms with Crippen LogP contribution < -0.4 is 0 Å². The molecule has 0 saturated heterocycles. The van der Waals surface area contributed by atoms with Crippen LogP contribution in [0.3, 0.4) is 0 Å². The lowest BCUT2D eigenvalue weighted by Crippen LogP contribution is -2.08. The lowest BCUT2D eigenvalue weighted by molar-refractivity contribution is -0.385. The summed E-state index contributed by atoms with van der Waals surface area (Å²) in [6.07, 6.45) is 0. The molecule has 0 bridgehead atoms. The van der Waals surface area contributed by atoms with Crippen LogP contribution in [0.4, 0.5) is 10.1 Å². The fourth-order valence-corrected chi connectivity index (χ4v) is 1.42. The van der Waals surface area contributed by atoms with E-state index in [1.165, 1.54) is 6.92 Å². The van der Waals surface area contributed by atoms with Gasteiger partial charge in [0.05, 0.1) is 23.7 Å². The Hall–Kier alpha value is -2.44. The number of methoxy groups -OCH3 is 1. The molecule has 6 nitrogen and oxygen atoms in total. The van der Waals surface area contributed by atoms with Gasteiger partial charge in [0.25, 0.3) is 5.69 Å². The predicted molar refractivity (Wildman–Crippen MR) is 60.3 cm³/mol. The summed E-state index contributed by atoms with van der Waals surface area (Å²) in [7, 11) is 1.07. The first-order valence-corrected chi connectivity index (χ1v) is 4.81. The zero-order valence-electron chi connectivity index (χ0n) is 9.64. The first-order chi connectivity index (χ1) is 8.38. The second kappa shape index (κ2) is 5.26. The van der Waals surface area contributed by atoms with Crippen molar-refractivity contribution in [1.29, 1.82) is 0 Å². The molecule has 0 aliphatic rings. The molecule has 0 aromatic heterocycles. The largest absolute Gasteiger partial charge is 0.512 e. The number of ether oxygens (including phenoxy) is 1. The number of rotatable bonds is 3. The van der Waals surface area contributed by atoms with Gasteiger partial charge in [0.2, 0.25) is 0 Å². The van der Waals surface area contributed by atoms with Crippen molar-refractivity contribution >= 4 is 17.2 Å². The smallest absolute Gasteiger partial charge is 0.342 e. The predicted octanol–water partition coefficient (Wildman–Crippen LogP) is 2.20. The number of nitrogens with zero attached hydrogens (tertiary/aromatic N) is 1. The third-order valence-electron chi connectivity index (χ3n) is 2.18. The van der Waals surface area contributed by atoms with E-state index in [9.17, 15) is 24.4 Å². The molecule has 1 aromatic carbocycles. The van der Waals surface area contributed by atoms with Crippen molar-refractivity contribution in [2.24, 2.45) is 0 Å². The highest BCUT2D eigenvalue weighted by Crippen LogP contribution is 2.29. The molecule has 0 saturated carbocycles. The van der Waals surface area contributed by atoms with Crippen molar-refractivity contribution in [3.8, 4) is 0 Å². The van der Waals surface area contributed by atoms with Crippen molar-refractivity contribution in [2.75, 3.05) is 7.11 Å². The quantitative estimate of drug-likeness (QED) is 0.294. The van der Waals surface area contributed by atoms with E-state index in [1.54, 1.807) is 0 Å². The molecule has 0 unspecified atom stereocenters. The standard InChI is InChI=1S/C11H10FNO5/c1-6(14)10(11(15)18-2)8-4-3-7(12)5-9(8)13(16)17/h3-5,14H,1-2H3/b10-6-.